The van der Waals surface area contributed by atoms with Crippen molar-refractivity contribution in [3.05, 3.63) is 41.1 Å². The maximum absolute atomic E-state index is 10.1. The molecule has 2 rings (SSSR count). The molecule has 2 N–H and O–H groups in total. The highest BCUT2D eigenvalue weighted by atomic mass is 16.3. The van der Waals surface area contributed by atoms with Crippen LogP contribution in [0.1, 0.15) is 30.7 Å². The highest BCUT2D eigenvalue weighted by Crippen LogP contribution is 2.22. The number of para-hydroxylation sites is 1. The van der Waals surface area contributed by atoms with E-state index in [-0.39, 0.29) is 0 Å². The molecule has 0 radical (unpaired) electrons. The van der Waals surface area contributed by atoms with Gasteiger partial charge in [0.2, 0.25) is 0 Å². The van der Waals surface area contributed by atoms with Crippen molar-refractivity contribution in [3.8, 4) is 0 Å². The number of nitrogens with one attached hydrogen (secondary N) is 1. The summed E-state index contributed by atoms with van der Waals surface area (Å²) in [6.45, 7) is 8.98. The van der Waals surface area contributed by atoms with Crippen molar-refractivity contribution < 1.29 is 5.11 Å². The lowest BCUT2D eigenvalue weighted by Gasteiger charge is -2.16. The van der Waals surface area contributed by atoms with E-state index >= 15 is 0 Å². The van der Waals surface area contributed by atoms with Crippen LogP contribution in [-0.4, -0.2) is 28.8 Å². The van der Waals surface area contributed by atoms with E-state index in [1.54, 1.807) is 0 Å². The summed E-state index contributed by atoms with van der Waals surface area (Å²) in [5, 5.41) is 14.6. The normalized spacial score (nSPS) is 13.1. The van der Waals surface area contributed by atoms with Gasteiger partial charge in [-0.2, -0.15) is 0 Å². The van der Waals surface area contributed by atoms with Crippen molar-refractivity contribution in [3.63, 3.8) is 0 Å². The van der Waals surface area contributed by atoms with Crippen LogP contribution in [-0.2, 0) is 6.42 Å². The third kappa shape index (κ3) is 3.35. The van der Waals surface area contributed by atoms with Crippen molar-refractivity contribution in [1.29, 1.82) is 0 Å². The van der Waals surface area contributed by atoms with E-state index in [0.717, 1.165) is 11.2 Å². The Bertz CT molecular complexity index is 593. The summed E-state index contributed by atoms with van der Waals surface area (Å²) >= 11 is 0. The molecule has 0 spiro atoms. The number of pyridine rings is 1. The van der Waals surface area contributed by atoms with Crippen molar-refractivity contribution in [2.75, 3.05) is 6.54 Å². The molecule has 1 atom stereocenters. The number of aromatic nitrogens is 1. The van der Waals surface area contributed by atoms with Gasteiger partial charge in [0.25, 0.3) is 0 Å². The van der Waals surface area contributed by atoms with E-state index in [9.17, 15) is 5.11 Å². The number of rotatable bonds is 5. The minimum atomic E-state index is -0.399. The van der Waals surface area contributed by atoms with Gasteiger partial charge in [-0.15, -0.1) is 0 Å². The quantitative estimate of drug-likeness (QED) is 0.879. The number of aliphatic hydroxyl groups excluding tert-OH is 1. The van der Waals surface area contributed by atoms with Crippen molar-refractivity contribution in [2.24, 2.45) is 0 Å². The van der Waals surface area contributed by atoms with Gasteiger partial charge in [-0.1, -0.05) is 32.0 Å². The molecule has 108 valence electrons. The van der Waals surface area contributed by atoms with Gasteiger partial charge in [0.1, 0.15) is 0 Å². The van der Waals surface area contributed by atoms with Gasteiger partial charge in [-0.25, -0.2) is 0 Å². The second-order valence-electron chi connectivity index (χ2n) is 5.75. The summed E-state index contributed by atoms with van der Waals surface area (Å²) < 4.78 is 0. The Balaban J connectivity index is 2.24. The van der Waals surface area contributed by atoms with Gasteiger partial charge >= 0.3 is 0 Å². The molecule has 20 heavy (non-hydrogen) atoms. The maximum atomic E-state index is 10.1. The summed E-state index contributed by atoms with van der Waals surface area (Å²) in [5.41, 5.74) is 4.45. The summed E-state index contributed by atoms with van der Waals surface area (Å²) in [4.78, 5) is 4.71. The first-order chi connectivity index (χ1) is 9.49. The van der Waals surface area contributed by atoms with Crippen molar-refractivity contribution >= 4 is 10.9 Å². The molecule has 3 nitrogen and oxygen atoms in total. The fraction of sp³-hybridized carbons (Fsp3) is 0.471. The molecule has 1 aromatic carbocycles. The molecule has 1 unspecified atom stereocenters. The molecule has 2 aromatic rings. The minimum Gasteiger partial charge on any atom is -0.391 e. The lowest BCUT2D eigenvalue weighted by Crippen LogP contribution is -2.33. The third-order valence-corrected chi connectivity index (χ3v) is 3.75. The Labute approximate surface area is 121 Å². The number of hydrogen-bond donors (Lipinski definition) is 2. The molecule has 0 bridgehead atoms. The lowest BCUT2D eigenvalue weighted by atomic mass is 10.00. The molecule has 0 aliphatic rings. The Kier molecular flexibility index (Phi) is 4.73. The van der Waals surface area contributed by atoms with Gasteiger partial charge in [0.05, 0.1) is 11.6 Å². The number of fused-ring (bicyclic) bond motifs is 1. The summed E-state index contributed by atoms with van der Waals surface area (Å²) in [6.07, 6.45) is 0.196. The predicted molar refractivity (Wildman–Crippen MR) is 84.1 cm³/mol. The Morgan fingerprint density at radius 3 is 2.55 bits per heavy atom. The monoisotopic (exact) mass is 272 g/mol. The number of aryl methyl sites for hydroxylation is 1. The Morgan fingerprint density at radius 2 is 1.85 bits per heavy atom. The largest absolute Gasteiger partial charge is 0.391 e. The summed E-state index contributed by atoms with van der Waals surface area (Å²) in [5.74, 6) is 0. The molecule has 0 aliphatic carbocycles. The molecule has 3 heteroatoms. The Morgan fingerprint density at radius 1 is 1.15 bits per heavy atom. The van der Waals surface area contributed by atoms with Crippen LogP contribution in [0.2, 0.25) is 0 Å². The van der Waals surface area contributed by atoms with Gasteiger partial charge in [0.15, 0.2) is 0 Å². The van der Waals surface area contributed by atoms with E-state index in [1.165, 1.54) is 16.5 Å². The molecule has 1 aromatic heterocycles. The van der Waals surface area contributed by atoms with Crippen molar-refractivity contribution in [2.45, 2.75) is 46.3 Å². The van der Waals surface area contributed by atoms with E-state index in [2.05, 4.69) is 39.1 Å². The van der Waals surface area contributed by atoms with Crippen LogP contribution in [0, 0.1) is 13.8 Å². The second-order valence-corrected chi connectivity index (χ2v) is 5.75. The lowest BCUT2D eigenvalue weighted by molar-refractivity contribution is 0.167. The van der Waals surface area contributed by atoms with Gasteiger partial charge in [0, 0.05) is 30.1 Å². The van der Waals surface area contributed by atoms with E-state index in [4.69, 9.17) is 4.98 Å². The second kappa shape index (κ2) is 6.33. The first kappa shape index (κ1) is 14.9. The molecule has 0 fully saturated rings. The molecular weight excluding hydrogens is 248 g/mol. The minimum absolute atomic E-state index is 0.386. The third-order valence-electron chi connectivity index (χ3n) is 3.75. The first-order valence-corrected chi connectivity index (χ1v) is 7.25. The van der Waals surface area contributed by atoms with E-state index < -0.39 is 6.10 Å². The summed E-state index contributed by atoms with van der Waals surface area (Å²) in [6, 6.07) is 8.56. The fourth-order valence-electron chi connectivity index (χ4n) is 2.40. The number of hydrogen-bond acceptors (Lipinski definition) is 3. The zero-order chi connectivity index (χ0) is 14.7. The van der Waals surface area contributed by atoms with Crippen LogP contribution in [0.25, 0.3) is 10.9 Å². The van der Waals surface area contributed by atoms with Crippen LogP contribution < -0.4 is 5.32 Å². The zero-order valence-corrected chi connectivity index (χ0v) is 12.8. The van der Waals surface area contributed by atoms with Crippen LogP contribution in [0.15, 0.2) is 24.3 Å². The average molecular weight is 272 g/mol. The summed E-state index contributed by atoms with van der Waals surface area (Å²) in [7, 11) is 0. The van der Waals surface area contributed by atoms with Gasteiger partial charge < -0.3 is 10.4 Å². The van der Waals surface area contributed by atoms with Crippen LogP contribution in [0.3, 0.4) is 0 Å². The number of nitrogens with zero attached hydrogens (tertiary/aromatic N) is 1. The number of benzene rings is 1. The molecule has 0 aliphatic heterocycles. The first-order valence-electron chi connectivity index (χ1n) is 7.25. The SMILES string of the molecule is Cc1c(CC(O)CNC(C)C)nc2ccccc2c1C. The van der Waals surface area contributed by atoms with Gasteiger partial charge in [-0.3, -0.25) is 4.98 Å². The zero-order valence-electron chi connectivity index (χ0n) is 12.8. The standard InChI is InChI=1S/C17H24N2O/c1-11(2)18-10-14(20)9-17-13(4)12(3)15-7-5-6-8-16(15)19-17/h5-8,11,14,18,20H,9-10H2,1-4H3. The fourth-order valence-corrected chi connectivity index (χ4v) is 2.40. The number of aliphatic hydroxyl groups is 1. The molecule has 0 saturated carbocycles. The van der Waals surface area contributed by atoms with E-state index in [1.807, 2.05) is 18.2 Å². The maximum Gasteiger partial charge on any atom is 0.0720 e. The van der Waals surface area contributed by atoms with E-state index in [0.29, 0.717) is 19.0 Å². The molecule has 1 heterocycles. The molecular formula is C17H24N2O. The highest BCUT2D eigenvalue weighted by Gasteiger charge is 2.13. The Hall–Kier alpha value is -1.45. The van der Waals surface area contributed by atoms with Crippen LogP contribution in [0.4, 0.5) is 0 Å². The topological polar surface area (TPSA) is 45.1 Å². The highest BCUT2D eigenvalue weighted by molar-refractivity contribution is 5.83. The van der Waals surface area contributed by atoms with Crippen LogP contribution in [0.5, 0.6) is 0 Å². The molecule has 0 amide bonds. The predicted octanol–water partition coefficient (Wildman–Crippen LogP) is 2.75. The van der Waals surface area contributed by atoms with Crippen LogP contribution >= 0.6 is 0 Å². The van der Waals surface area contributed by atoms with Gasteiger partial charge in [-0.05, 0) is 31.0 Å². The smallest absolute Gasteiger partial charge is 0.0720 e. The van der Waals surface area contributed by atoms with Crippen molar-refractivity contribution in [1.82, 2.24) is 10.3 Å². The molecule has 0 saturated heterocycles. The average Bonchev–Trinajstić information content (AvgIpc) is 2.42.